The number of nitrogens with one attached hydrogen (secondary N) is 2. The number of amides is 1. The third-order valence-electron chi connectivity index (χ3n) is 4.36. The Morgan fingerprint density at radius 1 is 1.33 bits per heavy atom. The average Bonchev–Trinajstić information content (AvgIpc) is 3.30. The summed E-state index contributed by atoms with van der Waals surface area (Å²) in [7, 11) is 0. The molecule has 1 aromatic carbocycles. The maximum absolute atomic E-state index is 11.1. The number of benzene rings is 1. The standard InChI is InChI=1S/C19H24BrN5O2/c1-2-22-19(23-11-16-7-8-17(27-16)18(21)26)24-14-9-10-25(12-14)15-5-3-13(20)4-6-15/h3-8,14H,2,9-12H2,1H3,(H2,21,26)(H2,22,23,24). The highest BCUT2D eigenvalue weighted by atomic mass is 79.9. The summed E-state index contributed by atoms with van der Waals surface area (Å²) < 4.78 is 6.46. The highest BCUT2D eigenvalue weighted by molar-refractivity contribution is 9.10. The van der Waals surface area contributed by atoms with Crippen LogP contribution < -0.4 is 21.3 Å². The van der Waals surface area contributed by atoms with Gasteiger partial charge in [0.25, 0.3) is 5.91 Å². The quantitative estimate of drug-likeness (QED) is 0.480. The normalized spacial score (nSPS) is 17.2. The summed E-state index contributed by atoms with van der Waals surface area (Å²) in [5.41, 5.74) is 6.43. The van der Waals surface area contributed by atoms with Crippen LogP contribution in [-0.4, -0.2) is 37.5 Å². The molecule has 2 heterocycles. The number of hydrogen-bond acceptors (Lipinski definition) is 4. The fraction of sp³-hybridized carbons (Fsp3) is 0.368. The molecule has 2 aromatic rings. The highest BCUT2D eigenvalue weighted by Gasteiger charge is 2.23. The number of nitrogens with zero attached hydrogens (tertiary/aromatic N) is 2. The van der Waals surface area contributed by atoms with E-state index in [1.165, 1.54) is 5.69 Å². The van der Waals surface area contributed by atoms with Gasteiger partial charge in [0.05, 0.1) is 0 Å². The van der Waals surface area contributed by atoms with Gasteiger partial charge in [0.2, 0.25) is 0 Å². The predicted octanol–water partition coefficient (Wildman–Crippen LogP) is 2.48. The van der Waals surface area contributed by atoms with E-state index in [1.54, 1.807) is 12.1 Å². The van der Waals surface area contributed by atoms with Crippen LogP contribution in [0.25, 0.3) is 0 Å². The number of guanidine groups is 1. The summed E-state index contributed by atoms with van der Waals surface area (Å²) in [6.07, 6.45) is 1.03. The second-order valence-electron chi connectivity index (χ2n) is 6.38. The molecule has 0 saturated carbocycles. The van der Waals surface area contributed by atoms with Gasteiger partial charge in [-0.2, -0.15) is 0 Å². The van der Waals surface area contributed by atoms with Crippen LogP contribution in [0.15, 0.2) is 50.3 Å². The second-order valence-corrected chi connectivity index (χ2v) is 7.29. The van der Waals surface area contributed by atoms with E-state index in [1.807, 2.05) is 6.92 Å². The molecule has 1 amide bonds. The lowest BCUT2D eigenvalue weighted by atomic mass is 10.3. The van der Waals surface area contributed by atoms with E-state index in [-0.39, 0.29) is 5.76 Å². The third-order valence-corrected chi connectivity index (χ3v) is 4.89. The maximum Gasteiger partial charge on any atom is 0.284 e. The zero-order chi connectivity index (χ0) is 19.2. The Kier molecular flexibility index (Phi) is 6.39. The van der Waals surface area contributed by atoms with E-state index >= 15 is 0 Å². The number of primary amides is 1. The lowest BCUT2D eigenvalue weighted by Gasteiger charge is -2.20. The number of aliphatic imine (C=N–C) groups is 1. The van der Waals surface area contributed by atoms with Crippen molar-refractivity contribution in [1.29, 1.82) is 0 Å². The van der Waals surface area contributed by atoms with Gasteiger partial charge in [0.1, 0.15) is 12.3 Å². The van der Waals surface area contributed by atoms with Crippen molar-refractivity contribution in [3.63, 3.8) is 0 Å². The van der Waals surface area contributed by atoms with Crippen LogP contribution in [0.3, 0.4) is 0 Å². The third kappa shape index (κ3) is 5.26. The Morgan fingerprint density at radius 3 is 2.78 bits per heavy atom. The molecule has 3 rings (SSSR count). The number of halogens is 1. The maximum atomic E-state index is 11.1. The molecule has 1 aliphatic heterocycles. The van der Waals surface area contributed by atoms with E-state index in [4.69, 9.17) is 10.2 Å². The van der Waals surface area contributed by atoms with Gasteiger partial charge in [-0.25, -0.2) is 4.99 Å². The van der Waals surface area contributed by atoms with Crippen LogP contribution in [-0.2, 0) is 6.54 Å². The van der Waals surface area contributed by atoms with Crippen molar-refractivity contribution in [2.45, 2.75) is 25.9 Å². The Hall–Kier alpha value is -2.48. The van der Waals surface area contributed by atoms with Crippen molar-refractivity contribution in [3.05, 3.63) is 52.4 Å². The molecule has 0 spiro atoms. The zero-order valence-electron chi connectivity index (χ0n) is 15.2. The van der Waals surface area contributed by atoms with Crippen molar-refractivity contribution >= 4 is 33.5 Å². The van der Waals surface area contributed by atoms with Gasteiger partial charge in [-0.1, -0.05) is 15.9 Å². The smallest absolute Gasteiger partial charge is 0.284 e. The van der Waals surface area contributed by atoms with Gasteiger partial charge in [0, 0.05) is 35.8 Å². The van der Waals surface area contributed by atoms with Crippen molar-refractivity contribution in [1.82, 2.24) is 10.6 Å². The highest BCUT2D eigenvalue weighted by Crippen LogP contribution is 2.22. The number of furan rings is 1. The van der Waals surface area contributed by atoms with Gasteiger partial charge in [-0.3, -0.25) is 4.79 Å². The van der Waals surface area contributed by atoms with Gasteiger partial charge in [-0.15, -0.1) is 0 Å². The number of carbonyl (C=O) groups is 1. The SMILES string of the molecule is CCNC(=NCc1ccc(C(N)=O)o1)NC1CCN(c2ccc(Br)cc2)C1. The molecule has 1 unspecified atom stereocenters. The van der Waals surface area contributed by atoms with Crippen molar-refractivity contribution < 1.29 is 9.21 Å². The molecule has 8 heteroatoms. The first-order valence-corrected chi connectivity index (χ1v) is 9.78. The van der Waals surface area contributed by atoms with Crippen LogP contribution in [0, 0.1) is 0 Å². The number of hydrogen-bond donors (Lipinski definition) is 3. The van der Waals surface area contributed by atoms with Gasteiger partial charge >= 0.3 is 0 Å². The molecule has 0 bridgehead atoms. The van der Waals surface area contributed by atoms with E-state index in [0.717, 1.165) is 36.5 Å². The molecule has 144 valence electrons. The summed E-state index contributed by atoms with van der Waals surface area (Å²) in [6, 6.07) is 12.0. The molecule has 4 N–H and O–H groups in total. The molecule has 1 aromatic heterocycles. The van der Waals surface area contributed by atoms with Crippen LogP contribution in [0.2, 0.25) is 0 Å². The molecular weight excluding hydrogens is 410 g/mol. The summed E-state index contributed by atoms with van der Waals surface area (Å²) in [5.74, 6) is 0.912. The number of nitrogens with two attached hydrogens (primary N) is 1. The minimum absolute atomic E-state index is 0.152. The minimum atomic E-state index is -0.575. The Morgan fingerprint density at radius 2 is 2.11 bits per heavy atom. The average molecular weight is 434 g/mol. The molecule has 1 aliphatic rings. The summed E-state index contributed by atoms with van der Waals surface area (Å²) in [4.78, 5) is 18.0. The number of anilines is 1. The zero-order valence-corrected chi connectivity index (χ0v) is 16.8. The van der Waals surface area contributed by atoms with E-state index < -0.39 is 5.91 Å². The largest absolute Gasteiger partial charge is 0.454 e. The molecule has 1 fully saturated rings. The lowest BCUT2D eigenvalue weighted by Crippen LogP contribution is -2.44. The predicted molar refractivity (Wildman–Crippen MR) is 110 cm³/mol. The van der Waals surface area contributed by atoms with E-state index in [9.17, 15) is 4.79 Å². The molecule has 1 saturated heterocycles. The molecule has 0 radical (unpaired) electrons. The van der Waals surface area contributed by atoms with Crippen LogP contribution in [0.5, 0.6) is 0 Å². The summed E-state index contributed by atoms with van der Waals surface area (Å²) in [6.45, 7) is 5.04. The molecular formula is C19H24BrN5O2. The summed E-state index contributed by atoms with van der Waals surface area (Å²) in [5, 5.41) is 6.73. The molecule has 1 atom stereocenters. The van der Waals surface area contributed by atoms with Crippen molar-refractivity contribution in [2.75, 3.05) is 24.5 Å². The van der Waals surface area contributed by atoms with Crippen molar-refractivity contribution in [2.24, 2.45) is 10.7 Å². The lowest BCUT2D eigenvalue weighted by molar-refractivity contribution is 0.0972. The fourth-order valence-electron chi connectivity index (χ4n) is 3.03. The topological polar surface area (TPSA) is 95.9 Å². The Bertz CT molecular complexity index is 803. The van der Waals surface area contributed by atoms with Crippen LogP contribution >= 0.6 is 15.9 Å². The molecule has 27 heavy (non-hydrogen) atoms. The molecule has 0 aliphatic carbocycles. The van der Waals surface area contributed by atoms with Gasteiger partial charge in [-0.05, 0) is 49.7 Å². The van der Waals surface area contributed by atoms with Gasteiger partial charge in [0.15, 0.2) is 11.7 Å². The first-order chi connectivity index (χ1) is 13.0. The number of carbonyl (C=O) groups excluding carboxylic acids is 1. The van der Waals surface area contributed by atoms with Crippen LogP contribution in [0.1, 0.15) is 29.7 Å². The number of rotatable bonds is 6. The van der Waals surface area contributed by atoms with E-state index in [0.29, 0.717) is 18.3 Å². The minimum Gasteiger partial charge on any atom is -0.454 e. The Labute approximate surface area is 167 Å². The van der Waals surface area contributed by atoms with Gasteiger partial charge < -0.3 is 25.7 Å². The monoisotopic (exact) mass is 433 g/mol. The van der Waals surface area contributed by atoms with E-state index in [2.05, 4.69) is 60.7 Å². The molecule has 7 nitrogen and oxygen atoms in total. The first kappa shape index (κ1) is 19.3. The first-order valence-electron chi connectivity index (χ1n) is 8.99. The van der Waals surface area contributed by atoms with Crippen LogP contribution in [0.4, 0.5) is 5.69 Å². The second kappa shape index (κ2) is 8.94. The van der Waals surface area contributed by atoms with Crippen molar-refractivity contribution in [3.8, 4) is 0 Å². The fourth-order valence-corrected chi connectivity index (χ4v) is 3.29. The Balaban J connectivity index is 1.58. The summed E-state index contributed by atoms with van der Waals surface area (Å²) >= 11 is 3.47.